The first-order valence-corrected chi connectivity index (χ1v) is 21.9. The van der Waals surface area contributed by atoms with Crippen molar-refractivity contribution in [2.45, 2.75) is 29.2 Å². The monoisotopic (exact) mass is 782 g/mol. The van der Waals surface area contributed by atoms with Gasteiger partial charge in [0.25, 0.3) is 0 Å². The maximum absolute atomic E-state index is 5.65. The van der Waals surface area contributed by atoms with E-state index in [1.165, 1.54) is 92.9 Å². The maximum atomic E-state index is 5.65. The fraction of sp³-hybridized carbons (Fsp3) is 0.0702. The van der Waals surface area contributed by atoms with Gasteiger partial charge in [-0.05, 0) is 120 Å². The van der Waals surface area contributed by atoms with E-state index < -0.39 is 5.41 Å². The van der Waals surface area contributed by atoms with E-state index in [9.17, 15) is 0 Å². The molecule has 0 saturated heterocycles. The molecule has 13 rings (SSSR count). The van der Waals surface area contributed by atoms with Crippen LogP contribution in [-0.2, 0) is 5.41 Å². The van der Waals surface area contributed by atoms with E-state index in [0.29, 0.717) is 0 Å². The van der Waals surface area contributed by atoms with Gasteiger partial charge in [0.2, 0.25) is 0 Å². The highest BCUT2D eigenvalue weighted by atomic mass is 32.2. The molecule has 8 aromatic rings. The smallest absolute Gasteiger partial charge is 0.134 e. The molecule has 0 fully saturated rings. The quantitative estimate of drug-likeness (QED) is 0.192. The van der Waals surface area contributed by atoms with Gasteiger partial charge < -0.3 is 5.32 Å². The number of aliphatic imine (C=N–C) groups is 1. The topological polar surface area (TPSA) is 24.4 Å². The molecule has 3 heteroatoms. The molecule has 0 saturated carbocycles. The summed E-state index contributed by atoms with van der Waals surface area (Å²) in [4.78, 5) is 8.19. The van der Waals surface area contributed by atoms with Gasteiger partial charge in [0.1, 0.15) is 5.84 Å². The Morgan fingerprint density at radius 2 is 1.27 bits per heavy atom. The number of thioether (sulfide) groups is 1. The SMILES string of the molecule is C1=C2C(=CCC1)C1(c3ccccc32)c2cc(C3=C4Sc5ccccc5C4NC(c4cccc(-c5ccccc5)c4)=N3)ccc2-c2c(-c3ccccc3)cc3ccccc3c21. The van der Waals surface area contributed by atoms with E-state index in [2.05, 4.69) is 199 Å². The molecule has 2 heterocycles. The van der Waals surface area contributed by atoms with Crippen LogP contribution in [0.25, 0.3) is 55.4 Å². The highest BCUT2D eigenvalue weighted by molar-refractivity contribution is 8.03. The Kier molecular flexibility index (Phi) is 7.38. The predicted octanol–water partition coefficient (Wildman–Crippen LogP) is 14.2. The first-order chi connectivity index (χ1) is 29.8. The van der Waals surface area contributed by atoms with Crippen molar-refractivity contribution in [2.24, 2.45) is 4.99 Å². The highest BCUT2D eigenvalue weighted by Crippen LogP contribution is 2.67. The minimum absolute atomic E-state index is 0.00455. The molecule has 8 aromatic carbocycles. The van der Waals surface area contributed by atoms with Gasteiger partial charge in [-0.3, -0.25) is 0 Å². The third-order valence-corrected chi connectivity index (χ3v) is 14.6. The van der Waals surface area contributed by atoms with E-state index in [1.54, 1.807) is 0 Å². The summed E-state index contributed by atoms with van der Waals surface area (Å²) in [5, 5.41) is 6.52. The Morgan fingerprint density at radius 3 is 2.17 bits per heavy atom. The van der Waals surface area contributed by atoms with Crippen molar-refractivity contribution in [1.82, 2.24) is 5.32 Å². The molecule has 2 aliphatic heterocycles. The molecule has 0 bridgehead atoms. The van der Waals surface area contributed by atoms with Crippen LogP contribution in [0.15, 0.2) is 215 Å². The van der Waals surface area contributed by atoms with E-state index >= 15 is 0 Å². The molecule has 0 aromatic heterocycles. The van der Waals surface area contributed by atoms with Crippen LogP contribution in [0.3, 0.4) is 0 Å². The minimum Gasteiger partial charge on any atom is -0.358 e. The first kappa shape index (κ1) is 34.0. The van der Waals surface area contributed by atoms with Gasteiger partial charge in [-0.1, -0.05) is 182 Å². The van der Waals surface area contributed by atoms with Crippen LogP contribution in [0, 0.1) is 0 Å². The highest BCUT2D eigenvalue weighted by Gasteiger charge is 2.55. The van der Waals surface area contributed by atoms with E-state index in [-0.39, 0.29) is 6.04 Å². The van der Waals surface area contributed by atoms with Crippen molar-refractivity contribution in [3.05, 3.63) is 244 Å². The zero-order valence-corrected chi connectivity index (χ0v) is 33.6. The molecule has 3 aliphatic carbocycles. The fourth-order valence-electron chi connectivity index (χ4n) is 10.9. The molecule has 282 valence electrons. The van der Waals surface area contributed by atoms with Gasteiger partial charge in [-0.15, -0.1) is 0 Å². The molecule has 1 spiro atoms. The summed E-state index contributed by atoms with van der Waals surface area (Å²) in [5.41, 5.74) is 19.9. The number of allylic oxidation sites excluding steroid dienone is 4. The molecule has 5 aliphatic rings. The van der Waals surface area contributed by atoms with Gasteiger partial charge in [0.15, 0.2) is 0 Å². The van der Waals surface area contributed by atoms with Crippen molar-refractivity contribution >= 4 is 39.6 Å². The van der Waals surface area contributed by atoms with Crippen LogP contribution in [0.5, 0.6) is 0 Å². The number of fused-ring (bicyclic) bond motifs is 15. The summed E-state index contributed by atoms with van der Waals surface area (Å²) in [6, 6.07) is 67.4. The molecule has 2 atom stereocenters. The second-order valence-electron chi connectivity index (χ2n) is 16.5. The van der Waals surface area contributed by atoms with Crippen molar-refractivity contribution in [2.75, 3.05) is 0 Å². The Morgan fingerprint density at radius 1 is 0.533 bits per heavy atom. The van der Waals surface area contributed by atoms with E-state index in [4.69, 9.17) is 4.99 Å². The molecule has 0 radical (unpaired) electrons. The van der Waals surface area contributed by atoms with Crippen molar-refractivity contribution in [1.29, 1.82) is 0 Å². The van der Waals surface area contributed by atoms with Crippen LogP contribution < -0.4 is 5.32 Å². The lowest BCUT2D eigenvalue weighted by molar-refractivity contribution is 0.767. The summed E-state index contributed by atoms with van der Waals surface area (Å²) in [6.07, 6.45) is 7.15. The number of hydrogen-bond acceptors (Lipinski definition) is 3. The van der Waals surface area contributed by atoms with Crippen molar-refractivity contribution in [3.63, 3.8) is 0 Å². The Hall–Kier alpha value is -6.94. The normalized spacial score (nSPS) is 19.1. The molecule has 60 heavy (non-hydrogen) atoms. The summed E-state index contributed by atoms with van der Waals surface area (Å²) < 4.78 is 0. The van der Waals surface area contributed by atoms with Gasteiger partial charge in [0.05, 0.1) is 17.2 Å². The molecular weight excluding hydrogens is 745 g/mol. The number of nitrogens with zero attached hydrogens (tertiary/aromatic N) is 1. The number of rotatable bonds is 4. The van der Waals surface area contributed by atoms with Gasteiger partial charge in [0, 0.05) is 20.9 Å². The Bertz CT molecular complexity index is 3260. The fourth-order valence-corrected chi connectivity index (χ4v) is 12.1. The predicted molar refractivity (Wildman–Crippen MR) is 250 cm³/mol. The second kappa shape index (κ2) is 13.0. The third-order valence-electron chi connectivity index (χ3n) is 13.3. The lowest BCUT2D eigenvalue weighted by Crippen LogP contribution is -2.32. The van der Waals surface area contributed by atoms with E-state index in [0.717, 1.165) is 35.5 Å². The van der Waals surface area contributed by atoms with Crippen LogP contribution in [0.4, 0.5) is 0 Å². The summed E-state index contributed by atoms with van der Waals surface area (Å²) >= 11 is 1.86. The van der Waals surface area contributed by atoms with Crippen LogP contribution in [0.1, 0.15) is 57.8 Å². The number of nitrogens with one attached hydrogen (secondary N) is 1. The summed E-state index contributed by atoms with van der Waals surface area (Å²) in [7, 11) is 0. The van der Waals surface area contributed by atoms with Crippen LogP contribution >= 0.6 is 11.8 Å². The average molecular weight is 783 g/mol. The van der Waals surface area contributed by atoms with Crippen LogP contribution in [-0.4, -0.2) is 5.84 Å². The number of hydrogen-bond donors (Lipinski definition) is 1. The summed E-state index contributed by atoms with van der Waals surface area (Å²) in [5.74, 6) is 0.899. The lowest BCUT2D eigenvalue weighted by atomic mass is 9.68. The average Bonchev–Trinajstić information content (AvgIpc) is 3.96. The third kappa shape index (κ3) is 4.75. The minimum atomic E-state index is -0.492. The Balaban J connectivity index is 1.10. The maximum Gasteiger partial charge on any atom is 0.134 e. The van der Waals surface area contributed by atoms with Crippen LogP contribution in [0.2, 0.25) is 0 Å². The Labute approximate surface area is 354 Å². The van der Waals surface area contributed by atoms with Gasteiger partial charge in [-0.2, -0.15) is 0 Å². The molecule has 2 nitrogen and oxygen atoms in total. The molecule has 1 N–H and O–H groups in total. The zero-order valence-electron chi connectivity index (χ0n) is 32.8. The largest absolute Gasteiger partial charge is 0.358 e. The van der Waals surface area contributed by atoms with E-state index in [1.807, 2.05) is 11.8 Å². The molecule has 2 unspecified atom stereocenters. The zero-order chi connectivity index (χ0) is 39.4. The molecule has 0 amide bonds. The molecular formula is C57H38N2S. The van der Waals surface area contributed by atoms with Gasteiger partial charge in [-0.25, -0.2) is 4.99 Å². The summed E-state index contributed by atoms with van der Waals surface area (Å²) in [6.45, 7) is 0. The lowest BCUT2D eigenvalue weighted by Gasteiger charge is -2.33. The first-order valence-electron chi connectivity index (χ1n) is 21.1. The van der Waals surface area contributed by atoms with Crippen molar-refractivity contribution < 1.29 is 0 Å². The number of amidine groups is 1. The standard InChI is InChI=1S/C57H38N2S/c1-3-16-35(17-4-1)37-21-15-22-40(32-37)56-58-53(55-54(59-56)45-26-11-14-29-50(45)60-55)39-30-31-44-49(34-39)57(47-27-12-9-24-42(47)43-25-10-13-28-48(43)57)52-41-23-8-7-20-38(41)33-46(51(44)52)36-18-5-2-6-19-36/h1-9,11-12,14-34,54H,10,13H2,(H,58,59). The number of benzene rings is 8. The van der Waals surface area contributed by atoms with Crippen molar-refractivity contribution in [3.8, 4) is 33.4 Å². The van der Waals surface area contributed by atoms with Gasteiger partial charge >= 0.3 is 0 Å². The second-order valence-corrected chi connectivity index (χ2v) is 17.6.